The Hall–Kier alpha value is -2.05. The van der Waals surface area contributed by atoms with Crippen molar-refractivity contribution in [2.24, 2.45) is 0 Å². The first kappa shape index (κ1) is 9.50. The lowest BCUT2D eigenvalue weighted by Crippen LogP contribution is -2.23. The molecular weight excluding hydrogens is 196 g/mol. The molecule has 1 unspecified atom stereocenters. The van der Waals surface area contributed by atoms with Crippen molar-refractivity contribution in [2.75, 3.05) is 23.3 Å². The van der Waals surface area contributed by atoms with Gasteiger partial charge in [-0.25, -0.2) is 0 Å². The van der Waals surface area contributed by atoms with Crippen molar-refractivity contribution in [1.82, 2.24) is 15.3 Å². The summed E-state index contributed by atoms with van der Waals surface area (Å²) in [5, 5.41) is 5.77. The van der Waals surface area contributed by atoms with Gasteiger partial charge in [-0.1, -0.05) is 0 Å². The highest BCUT2D eigenvalue weighted by atomic mass is 16.1. The SMILES string of the molecule is Nc1cc(NC2CNC(=O)C2)nc(N)n1. The summed E-state index contributed by atoms with van der Waals surface area (Å²) in [6.45, 7) is 0.586. The number of hydrogen-bond acceptors (Lipinski definition) is 6. The first-order chi connectivity index (χ1) is 7.13. The molecule has 2 heterocycles. The molecule has 6 N–H and O–H groups in total. The topological polar surface area (TPSA) is 119 Å². The largest absolute Gasteiger partial charge is 0.383 e. The van der Waals surface area contributed by atoms with Gasteiger partial charge < -0.3 is 22.1 Å². The van der Waals surface area contributed by atoms with Crippen LogP contribution in [0, 0.1) is 0 Å². The minimum atomic E-state index is 0.0301. The number of rotatable bonds is 2. The third-order valence-electron chi connectivity index (χ3n) is 2.09. The van der Waals surface area contributed by atoms with Crippen LogP contribution in [0.3, 0.4) is 0 Å². The second-order valence-corrected chi connectivity index (χ2v) is 3.39. The highest BCUT2D eigenvalue weighted by Crippen LogP contribution is 2.12. The molecule has 0 aliphatic carbocycles. The molecule has 80 valence electrons. The van der Waals surface area contributed by atoms with Crippen molar-refractivity contribution in [3.8, 4) is 0 Å². The second-order valence-electron chi connectivity index (χ2n) is 3.39. The summed E-state index contributed by atoms with van der Waals surface area (Å²) in [7, 11) is 0. The third-order valence-corrected chi connectivity index (χ3v) is 2.09. The smallest absolute Gasteiger partial charge is 0.223 e. The van der Waals surface area contributed by atoms with Crippen LogP contribution in [0.1, 0.15) is 6.42 Å². The summed E-state index contributed by atoms with van der Waals surface area (Å²) >= 11 is 0. The maximum Gasteiger partial charge on any atom is 0.223 e. The summed E-state index contributed by atoms with van der Waals surface area (Å²) in [6, 6.07) is 1.62. The minimum absolute atomic E-state index is 0.0301. The van der Waals surface area contributed by atoms with Crippen LogP contribution >= 0.6 is 0 Å². The van der Waals surface area contributed by atoms with Gasteiger partial charge in [0.2, 0.25) is 11.9 Å². The van der Waals surface area contributed by atoms with E-state index in [1.807, 2.05) is 0 Å². The number of hydrogen-bond donors (Lipinski definition) is 4. The molecule has 7 heteroatoms. The normalized spacial score (nSPS) is 20.0. The van der Waals surface area contributed by atoms with Crippen molar-refractivity contribution in [3.63, 3.8) is 0 Å². The predicted molar refractivity (Wildman–Crippen MR) is 55.9 cm³/mol. The fraction of sp³-hybridized carbons (Fsp3) is 0.375. The molecule has 1 aromatic rings. The van der Waals surface area contributed by atoms with E-state index in [1.165, 1.54) is 0 Å². The molecule has 1 aliphatic rings. The number of carbonyl (C=O) groups is 1. The maximum atomic E-state index is 10.9. The summed E-state index contributed by atoms with van der Waals surface area (Å²) in [6.07, 6.45) is 0.434. The van der Waals surface area contributed by atoms with E-state index in [0.29, 0.717) is 24.6 Å². The van der Waals surface area contributed by atoms with Crippen molar-refractivity contribution in [1.29, 1.82) is 0 Å². The molecule has 0 spiro atoms. The number of nitrogens with zero attached hydrogens (tertiary/aromatic N) is 2. The molecule has 2 rings (SSSR count). The van der Waals surface area contributed by atoms with E-state index < -0.39 is 0 Å². The van der Waals surface area contributed by atoms with E-state index in [4.69, 9.17) is 11.5 Å². The monoisotopic (exact) mass is 208 g/mol. The van der Waals surface area contributed by atoms with Gasteiger partial charge in [-0.15, -0.1) is 0 Å². The second kappa shape index (κ2) is 3.60. The molecule has 0 saturated carbocycles. The van der Waals surface area contributed by atoms with Gasteiger partial charge >= 0.3 is 0 Å². The molecule has 15 heavy (non-hydrogen) atoms. The van der Waals surface area contributed by atoms with Gasteiger partial charge in [-0.3, -0.25) is 4.79 Å². The average Bonchev–Trinajstić information content (AvgIpc) is 2.49. The molecule has 0 radical (unpaired) electrons. The highest BCUT2D eigenvalue weighted by molar-refractivity contribution is 5.79. The van der Waals surface area contributed by atoms with E-state index in [1.54, 1.807) is 6.07 Å². The fourth-order valence-corrected chi connectivity index (χ4v) is 1.48. The fourth-order valence-electron chi connectivity index (χ4n) is 1.48. The number of nitrogen functional groups attached to an aromatic ring is 2. The molecule has 0 bridgehead atoms. The molecule has 1 atom stereocenters. The standard InChI is InChI=1S/C8H12N6O/c9-5-2-6(14-8(10)13-5)12-4-1-7(15)11-3-4/h2,4H,1,3H2,(H,11,15)(H5,9,10,12,13,14). The van der Waals surface area contributed by atoms with Crippen LogP contribution in [-0.4, -0.2) is 28.5 Å². The van der Waals surface area contributed by atoms with Crippen LogP contribution in [-0.2, 0) is 4.79 Å². The van der Waals surface area contributed by atoms with Crippen LogP contribution in [0.4, 0.5) is 17.6 Å². The van der Waals surface area contributed by atoms with Gasteiger partial charge in [-0.05, 0) is 0 Å². The zero-order chi connectivity index (χ0) is 10.8. The van der Waals surface area contributed by atoms with Crippen LogP contribution in [0.2, 0.25) is 0 Å². The molecule has 1 fully saturated rings. The lowest BCUT2D eigenvalue weighted by molar-refractivity contribution is -0.119. The lowest BCUT2D eigenvalue weighted by Gasteiger charge is -2.11. The summed E-state index contributed by atoms with van der Waals surface area (Å²) in [5.74, 6) is 1.00. The number of carbonyl (C=O) groups excluding carboxylic acids is 1. The maximum absolute atomic E-state index is 10.9. The van der Waals surface area contributed by atoms with Gasteiger partial charge in [0.05, 0.1) is 6.04 Å². The predicted octanol–water partition coefficient (Wildman–Crippen LogP) is -1.06. The van der Waals surface area contributed by atoms with Crippen molar-refractivity contribution >= 4 is 23.5 Å². The molecule has 1 aliphatic heterocycles. The number of aromatic nitrogens is 2. The van der Waals surface area contributed by atoms with Gasteiger partial charge in [0.1, 0.15) is 11.6 Å². The van der Waals surface area contributed by atoms with Gasteiger partial charge in [-0.2, -0.15) is 9.97 Å². The lowest BCUT2D eigenvalue weighted by atomic mass is 10.2. The Labute approximate surface area is 86.3 Å². The third kappa shape index (κ3) is 2.25. The van der Waals surface area contributed by atoms with E-state index in [9.17, 15) is 4.79 Å². The zero-order valence-electron chi connectivity index (χ0n) is 8.03. The molecule has 1 aromatic heterocycles. The summed E-state index contributed by atoms with van der Waals surface area (Å²) in [4.78, 5) is 18.6. The molecule has 1 amide bonds. The average molecular weight is 208 g/mol. The number of anilines is 3. The van der Waals surface area contributed by atoms with E-state index in [2.05, 4.69) is 20.6 Å². The van der Waals surface area contributed by atoms with Gasteiger partial charge in [0, 0.05) is 19.0 Å². The number of amides is 1. The number of nitrogens with one attached hydrogen (secondary N) is 2. The molecular formula is C8H12N6O. The Balaban J connectivity index is 2.07. The first-order valence-corrected chi connectivity index (χ1v) is 4.57. The van der Waals surface area contributed by atoms with Gasteiger partial charge in [0.25, 0.3) is 0 Å². The van der Waals surface area contributed by atoms with Crippen molar-refractivity contribution in [2.45, 2.75) is 12.5 Å². The van der Waals surface area contributed by atoms with Crippen LogP contribution in [0.5, 0.6) is 0 Å². The summed E-state index contributed by atoms with van der Waals surface area (Å²) in [5.41, 5.74) is 10.9. The van der Waals surface area contributed by atoms with E-state index >= 15 is 0 Å². The Morgan fingerprint density at radius 1 is 1.47 bits per heavy atom. The van der Waals surface area contributed by atoms with E-state index in [-0.39, 0.29) is 17.9 Å². The van der Waals surface area contributed by atoms with Crippen LogP contribution in [0.15, 0.2) is 6.07 Å². The first-order valence-electron chi connectivity index (χ1n) is 4.57. The number of nitrogens with two attached hydrogens (primary N) is 2. The molecule has 7 nitrogen and oxygen atoms in total. The Morgan fingerprint density at radius 3 is 2.87 bits per heavy atom. The van der Waals surface area contributed by atoms with Crippen LogP contribution < -0.4 is 22.1 Å². The quantitative estimate of drug-likeness (QED) is 0.492. The van der Waals surface area contributed by atoms with Crippen molar-refractivity contribution in [3.05, 3.63) is 6.07 Å². The van der Waals surface area contributed by atoms with Gasteiger partial charge in [0.15, 0.2) is 0 Å². The Kier molecular flexibility index (Phi) is 2.28. The zero-order valence-corrected chi connectivity index (χ0v) is 8.03. The molecule has 1 saturated heterocycles. The van der Waals surface area contributed by atoms with Crippen molar-refractivity contribution < 1.29 is 4.79 Å². The Bertz CT molecular complexity index is 372. The molecule has 0 aromatic carbocycles. The highest BCUT2D eigenvalue weighted by Gasteiger charge is 2.21. The van der Waals surface area contributed by atoms with Crippen LogP contribution in [0.25, 0.3) is 0 Å². The summed E-state index contributed by atoms with van der Waals surface area (Å²) < 4.78 is 0. The Morgan fingerprint density at radius 2 is 2.27 bits per heavy atom. The van der Waals surface area contributed by atoms with E-state index in [0.717, 1.165) is 0 Å². The minimum Gasteiger partial charge on any atom is -0.383 e.